The summed E-state index contributed by atoms with van der Waals surface area (Å²) in [7, 11) is -3.79. The maximum Gasteiger partial charge on any atom is 0.279 e. The van der Waals surface area contributed by atoms with Gasteiger partial charge in [0.2, 0.25) is 0 Å². The lowest BCUT2D eigenvalue weighted by atomic mass is 10.0. The van der Waals surface area contributed by atoms with Crippen LogP contribution in [0.5, 0.6) is 5.75 Å². The highest BCUT2D eigenvalue weighted by Crippen LogP contribution is 2.29. The zero-order valence-electron chi connectivity index (χ0n) is 18.6. The number of nitrogens with one attached hydrogen (secondary N) is 1. The molecule has 0 aliphatic heterocycles. The predicted molar refractivity (Wildman–Crippen MR) is 132 cm³/mol. The van der Waals surface area contributed by atoms with Gasteiger partial charge in [-0.1, -0.05) is 66.7 Å². The Kier molecular flexibility index (Phi) is 7.11. The molecule has 176 valence electrons. The molecule has 0 heterocycles. The summed E-state index contributed by atoms with van der Waals surface area (Å²) in [4.78, 5) is 12.4. The number of hydrogen-bond donors (Lipinski definition) is 2. The van der Waals surface area contributed by atoms with Crippen molar-refractivity contribution in [2.45, 2.75) is 11.3 Å². The van der Waals surface area contributed by atoms with Crippen molar-refractivity contribution in [3.8, 4) is 22.9 Å². The molecule has 0 aromatic heterocycles. The third-order valence-electron chi connectivity index (χ3n) is 5.60. The fourth-order valence-corrected chi connectivity index (χ4v) is 5.28. The molecule has 0 bridgehead atoms. The van der Waals surface area contributed by atoms with Crippen molar-refractivity contribution in [2.75, 3.05) is 12.4 Å². The summed E-state index contributed by atoms with van der Waals surface area (Å²) in [6.07, 6.45) is -0.0540. The maximum atomic E-state index is 13.1. The van der Waals surface area contributed by atoms with Crippen LogP contribution < -0.4 is 10.2 Å². The van der Waals surface area contributed by atoms with Gasteiger partial charge in [-0.05, 0) is 45.7 Å². The van der Waals surface area contributed by atoms with E-state index in [0.717, 1.165) is 16.5 Å². The number of nitrogens with zero attached hydrogens (tertiary/aromatic N) is 1. The summed E-state index contributed by atoms with van der Waals surface area (Å²) < 4.78 is 32.0. The van der Waals surface area contributed by atoms with Crippen LogP contribution in [0.1, 0.15) is 15.9 Å². The normalized spacial score (nSPS) is 11.1. The molecule has 0 saturated heterocycles. The molecule has 0 spiro atoms. The number of ether oxygens (including phenoxy) is 1. The van der Waals surface area contributed by atoms with E-state index in [0.29, 0.717) is 10.9 Å². The van der Waals surface area contributed by atoms with Gasteiger partial charge < -0.3 is 4.74 Å². The Labute approximate surface area is 203 Å². The number of hydrogen-bond acceptors (Lipinski definition) is 6. The molecule has 0 radical (unpaired) electrons. The quantitative estimate of drug-likeness (QED) is 0.279. The van der Waals surface area contributed by atoms with E-state index in [4.69, 9.17) is 4.74 Å². The van der Waals surface area contributed by atoms with E-state index in [1.54, 1.807) is 41.9 Å². The SMILES string of the molecule is N#CCc1cc(-c2ccccc2)ccc1S(=O)(=O)CCOc1ccc2ccccc2c1C(=O)NO. The van der Waals surface area contributed by atoms with E-state index in [1.807, 2.05) is 48.5 Å². The van der Waals surface area contributed by atoms with Gasteiger partial charge in [0, 0.05) is 0 Å². The third-order valence-corrected chi connectivity index (χ3v) is 7.37. The van der Waals surface area contributed by atoms with E-state index in [9.17, 15) is 23.7 Å². The molecule has 35 heavy (non-hydrogen) atoms. The van der Waals surface area contributed by atoms with Gasteiger partial charge in [-0.2, -0.15) is 5.26 Å². The highest BCUT2D eigenvalue weighted by atomic mass is 32.2. The molecule has 4 aromatic rings. The molecular weight excluding hydrogens is 464 g/mol. The topological polar surface area (TPSA) is 116 Å². The van der Waals surface area contributed by atoms with E-state index in [1.165, 1.54) is 6.07 Å². The molecular formula is C27H22N2O5S. The number of carbonyl (C=O) groups excluding carboxylic acids is 1. The largest absolute Gasteiger partial charge is 0.492 e. The zero-order valence-corrected chi connectivity index (χ0v) is 19.5. The van der Waals surface area contributed by atoms with Crippen molar-refractivity contribution in [3.63, 3.8) is 0 Å². The Morgan fingerprint density at radius 3 is 2.43 bits per heavy atom. The molecule has 8 heteroatoms. The van der Waals surface area contributed by atoms with Gasteiger partial charge >= 0.3 is 0 Å². The lowest BCUT2D eigenvalue weighted by Gasteiger charge is -2.14. The number of rotatable bonds is 8. The minimum atomic E-state index is -3.79. The van der Waals surface area contributed by atoms with E-state index >= 15 is 0 Å². The van der Waals surface area contributed by atoms with Gasteiger partial charge in [0.15, 0.2) is 9.84 Å². The predicted octanol–water partition coefficient (Wildman–Crippen LogP) is 4.54. The summed E-state index contributed by atoms with van der Waals surface area (Å²) in [5, 5.41) is 19.8. The second-order valence-electron chi connectivity index (χ2n) is 7.79. The molecule has 0 aliphatic carbocycles. The highest BCUT2D eigenvalue weighted by Gasteiger charge is 2.21. The molecule has 0 saturated carbocycles. The van der Waals surface area contributed by atoms with Crippen LogP contribution in [-0.4, -0.2) is 31.9 Å². The summed E-state index contributed by atoms with van der Waals surface area (Å²) >= 11 is 0. The van der Waals surface area contributed by atoms with Crippen LogP contribution >= 0.6 is 0 Å². The number of nitriles is 1. The smallest absolute Gasteiger partial charge is 0.279 e. The first kappa shape index (κ1) is 24.0. The van der Waals surface area contributed by atoms with Crippen LogP contribution in [0.15, 0.2) is 89.8 Å². The molecule has 0 aliphatic rings. The number of carbonyl (C=O) groups is 1. The molecule has 2 N–H and O–H groups in total. The average Bonchev–Trinajstić information content (AvgIpc) is 2.88. The average molecular weight is 487 g/mol. The van der Waals surface area contributed by atoms with Crippen molar-refractivity contribution in [1.82, 2.24) is 5.48 Å². The van der Waals surface area contributed by atoms with Gasteiger partial charge in [0.05, 0.1) is 28.7 Å². The first-order chi connectivity index (χ1) is 16.9. The van der Waals surface area contributed by atoms with Crippen LogP contribution in [0, 0.1) is 11.3 Å². The van der Waals surface area contributed by atoms with Crippen molar-refractivity contribution >= 4 is 26.5 Å². The summed E-state index contributed by atoms with van der Waals surface area (Å²) in [5.74, 6) is -0.960. The van der Waals surface area contributed by atoms with E-state index in [-0.39, 0.29) is 35.0 Å². The van der Waals surface area contributed by atoms with E-state index in [2.05, 4.69) is 0 Å². The van der Waals surface area contributed by atoms with Gasteiger partial charge in [0.1, 0.15) is 12.4 Å². The molecule has 4 aromatic carbocycles. The number of amides is 1. The minimum Gasteiger partial charge on any atom is -0.492 e. The highest BCUT2D eigenvalue weighted by molar-refractivity contribution is 7.91. The molecule has 0 fully saturated rings. The second kappa shape index (κ2) is 10.4. The van der Waals surface area contributed by atoms with Gasteiger partial charge in [0.25, 0.3) is 5.91 Å². The van der Waals surface area contributed by atoms with Crippen molar-refractivity contribution in [1.29, 1.82) is 5.26 Å². The number of sulfone groups is 1. The van der Waals surface area contributed by atoms with Crippen molar-refractivity contribution in [3.05, 3.63) is 96.1 Å². The first-order valence-electron chi connectivity index (χ1n) is 10.8. The first-order valence-corrected chi connectivity index (χ1v) is 12.5. The van der Waals surface area contributed by atoms with Gasteiger partial charge in [-0.25, -0.2) is 13.9 Å². The molecule has 0 unspecified atom stereocenters. The third kappa shape index (κ3) is 5.17. The molecule has 0 atom stereocenters. The monoisotopic (exact) mass is 486 g/mol. The zero-order chi connectivity index (χ0) is 24.8. The Hall–Kier alpha value is -4.19. The van der Waals surface area contributed by atoms with E-state index < -0.39 is 15.7 Å². The standard InChI is InChI=1S/C27H22N2O5S/c28-15-14-22-18-21(19-6-2-1-3-7-19)11-13-25(22)35(32,33)17-16-34-24-12-10-20-8-4-5-9-23(20)26(24)27(30)29-31/h1-13,18,31H,14,16-17H2,(H,29,30). The summed E-state index contributed by atoms with van der Waals surface area (Å²) in [5.41, 5.74) is 3.89. The van der Waals surface area contributed by atoms with Crippen molar-refractivity contribution < 1.29 is 23.2 Å². The lowest BCUT2D eigenvalue weighted by molar-refractivity contribution is 0.0704. The Bertz CT molecular complexity index is 1530. The van der Waals surface area contributed by atoms with Gasteiger partial charge in [-0.3, -0.25) is 10.0 Å². The van der Waals surface area contributed by atoms with Crippen LogP contribution in [0.3, 0.4) is 0 Å². The van der Waals surface area contributed by atoms with Crippen LogP contribution in [0.25, 0.3) is 21.9 Å². The number of fused-ring (bicyclic) bond motifs is 1. The Morgan fingerprint density at radius 1 is 0.943 bits per heavy atom. The Balaban J connectivity index is 1.59. The second-order valence-corrected chi connectivity index (χ2v) is 9.87. The van der Waals surface area contributed by atoms with Crippen LogP contribution in [-0.2, 0) is 16.3 Å². The Morgan fingerprint density at radius 2 is 1.69 bits per heavy atom. The maximum absolute atomic E-state index is 13.1. The fraction of sp³-hybridized carbons (Fsp3) is 0.111. The lowest BCUT2D eigenvalue weighted by Crippen LogP contribution is -2.21. The fourth-order valence-electron chi connectivity index (χ4n) is 3.95. The van der Waals surface area contributed by atoms with Crippen molar-refractivity contribution in [2.24, 2.45) is 0 Å². The number of benzene rings is 4. The molecule has 1 amide bonds. The van der Waals surface area contributed by atoms with Crippen LogP contribution in [0.4, 0.5) is 0 Å². The molecule has 4 rings (SSSR count). The van der Waals surface area contributed by atoms with Crippen LogP contribution in [0.2, 0.25) is 0 Å². The number of hydroxylamine groups is 1. The summed E-state index contributed by atoms with van der Waals surface area (Å²) in [6.45, 7) is -0.223. The molecule has 7 nitrogen and oxygen atoms in total. The summed E-state index contributed by atoms with van der Waals surface area (Å²) in [6, 6.07) is 26.9. The van der Waals surface area contributed by atoms with Gasteiger partial charge in [-0.15, -0.1) is 0 Å². The minimum absolute atomic E-state index is 0.0540.